The lowest BCUT2D eigenvalue weighted by molar-refractivity contribution is -0.131. The molecule has 2 aliphatic heterocycles. The lowest BCUT2D eigenvalue weighted by Gasteiger charge is -2.31. The normalized spacial score (nSPS) is 22.9. The van der Waals surface area contributed by atoms with Gasteiger partial charge >= 0.3 is 15.2 Å². The molecule has 41 heavy (non-hydrogen) atoms. The highest BCUT2D eigenvalue weighted by Crippen LogP contribution is 2.52. The Bertz CT molecular complexity index is 1710. The van der Waals surface area contributed by atoms with Crippen LogP contribution in [-0.4, -0.2) is 59.5 Å². The van der Waals surface area contributed by atoms with Crippen LogP contribution in [0.15, 0.2) is 80.3 Å². The molecule has 1 atom stereocenters. The predicted octanol–water partition coefficient (Wildman–Crippen LogP) is 2.23. The third kappa shape index (κ3) is 5.14. The number of thioether (sulfide) groups is 2. The number of anilines is 2. The molecule has 0 radical (unpaired) electrons. The number of ketones is 2. The lowest BCUT2D eigenvalue weighted by Crippen LogP contribution is -2.42. The molecule has 2 aromatic carbocycles. The van der Waals surface area contributed by atoms with Crippen LogP contribution in [0.3, 0.4) is 0 Å². The number of allylic oxidation sites excluding steroid dienone is 3. The summed E-state index contributed by atoms with van der Waals surface area (Å²) in [5.41, 5.74) is 0.0837. The van der Waals surface area contributed by atoms with E-state index >= 15 is 0 Å². The quantitative estimate of drug-likeness (QED) is 0.153. The molecule has 0 saturated heterocycles. The molecule has 3 aliphatic rings. The molecule has 1 aliphatic carbocycles. The van der Waals surface area contributed by atoms with E-state index in [9.17, 15) is 48.5 Å². The zero-order valence-electron chi connectivity index (χ0n) is 21.5. The van der Waals surface area contributed by atoms with E-state index in [0.717, 1.165) is 17.8 Å². The number of hydrogen-bond acceptors (Lipinski definition) is 10. The van der Waals surface area contributed by atoms with Gasteiger partial charge in [0.1, 0.15) is 5.76 Å². The van der Waals surface area contributed by atoms with E-state index < -0.39 is 43.1 Å². The van der Waals surface area contributed by atoms with Crippen molar-refractivity contribution in [1.29, 1.82) is 0 Å². The van der Waals surface area contributed by atoms with Gasteiger partial charge in [0.2, 0.25) is 16.6 Å². The third-order valence-corrected chi connectivity index (χ3v) is 10.9. The van der Waals surface area contributed by atoms with Crippen LogP contribution in [-0.2, 0) is 18.7 Å². The zero-order valence-corrected chi connectivity index (χ0v) is 24.9. The van der Waals surface area contributed by atoms with Crippen molar-refractivity contribution < 1.29 is 48.5 Å². The number of likely N-dealkylation sites (N-methyl/N-ethyl adjacent to an activating group) is 1. The van der Waals surface area contributed by atoms with Gasteiger partial charge in [-0.05, 0) is 62.4 Å². The molecule has 5 rings (SSSR count). The van der Waals surface area contributed by atoms with Gasteiger partial charge in [0.05, 0.1) is 38.2 Å². The van der Waals surface area contributed by atoms with Crippen molar-refractivity contribution in [2.75, 3.05) is 22.9 Å². The zero-order chi connectivity index (χ0) is 30.1. The molecule has 16 heteroatoms. The average molecular weight is 639 g/mol. The second kappa shape index (κ2) is 10.3. The van der Waals surface area contributed by atoms with E-state index in [0.29, 0.717) is 32.7 Å². The fraction of sp³-hybridized carbons (Fsp3) is 0.200. The third-order valence-electron chi connectivity index (χ3n) is 6.71. The molecular weight excluding hydrogens is 614 g/mol. The monoisotopic (exact) mass is 638 g/mol. The van der Waals surface area contributed by atoms with Crippen molar-refractivity contribution in [3.8, 4) is 0 Å². The number of aliphatic hydroxyl groups is 2. The molecule has 0 saturated carbocycles. The molecule has 0 bridgehead atoms. The molecular formula is C25H24N2O10P2S2. The summed E-state index contributed by atoms with van der Waals surface area (Å²) in [6, 6.07) is 8.14. The number of rotatable bonds is 6. The second-order valence-corrected chi connectivity index (χ2v) is 14.7. The van der Waals surface area contributed by atoms with E-state index in [1.165, 1.54) is 53.1 Å². The van der Waals surface area contributed by atoms with Gasteiger partial charge in [-0.15, -0.1) is 0 Å². The van der Waals surface area contributed by atoms with Crippen molar-refractivity contribution in [1.82, 2.24) is 0 Å². The van der Waals surface area contributed by atoms with Crippen LogP contribution in [0.5, 0.6) is 0 Å². The van der Waals surface area contributed by atoms with E-state index in [4.69, 9.17) is 0 Å². The largest absolute Gasteiger partial charge is 0.506 e. The smallest absolute Gasteiger partial charge is 0.356 e. The summed E-state index contributed by atoms with van der Waals surface area (Å²) in [5, 5.41) is 20.6. The van der Waals surface area contributed by atoms with E-state index in [2.05, 4.69) is 0 Å². The minimum absolute atomic E-state index is 0.158. The Labute approximate surface area is 242 Å². The fourth-order valence-electron chi connectivity index (χ4n) is 4.77. The van der Waals surface area contributed by atoms with Crippen LogP contribution < -0.4 is 20.4 Å². The van der Waals surface area contributed by atoms with Crippen molar-refractivity contribution in [3.63, 3.8) is 0 Å². The van der Waals surface area contributed by atoms with E-state index in [-0.39, 0.29) is 22.7 Å². The first-order valence-corrected chi connectivity index (χ1v) is 17.0. The van der Waals surface area contributed by atoms with E-state index in [1.807, 2.05) is 0 Å². The molecule has 216 valence electrons. The maximum atomic E-state index is 13.0. The Balaban J connectivity index is 1.53. The maximum Gasteiger partial charge on any atom is 0.356 e. The Hall–Kier alpha value is -2.64. The fourth-order valence-corrected chi connectivity index (χ4v) is 8.28. The second-order valence-electron chi connectivity index (χ2n) is 9.20. The molecule has 2 aromatic rings. The van der Waals surface area contributed by atoms with E-state index in [1.54, 1.807) is 24.8 Å². The Morgan fingerprint density at radius 3 is 2.02 bits per heavy atom. The van der Waals surface area contributed by atoms with Gasteiger partial charge in [-0.25, -0.2) is 0 Å². The standard InChI is InChI=1S/C25H24N2O10P2S2/c1-3-26-17-9-13(38(32,33)34)5-7-19(17)40-21(26)11-15-22(28)16(24(30)23(15)29)12-25(31)27(4-2)18-10-14(39(35,36)37)6-8-20(18)41-25/h5-12,28,31H,3-4H2,1-2H3,(H2,32,33,34)(H2,35,36,37)/b16-12-,21-11-. The Morgan fingerprint density at radius 2 is 1.46 bits per heavy atom. The highest BCUT2D eigenvalue weighted by atomic mass is 32.2. The topological polar surface area (TPSA) is 196 Å². The summed E-state index contributed by atoms with van der Waals surface area (Å²) >= 11 is 2.07. The molecule has 0 spiro atoms. The number of hydrogen-bond donors (Lipinski definition) is 6. The summed E-state index contributed by atoms with van der Waals surface area (Å²) < 4.78 is 23.5. The number of carbonyl (C=O) groups is 2. The minimum atomic E-state index is -4.58. The van der Waals surface area contributed by atoms with Crippen molar-refractivity contribution in [3.05, 3.63) is 70.5 Å². The molecule has 12 nitrogen and oxygen atoms in total. The molecule has 6 N–H and O–H groups in total. The first-order chi connectivity index (χ1) is 19.1. The van der Waals surface area contributed by atoms with Gasteiger partial charge < -0.3 is 39.6 Å². The average Bonchev–Trinajstić information content (AvgIpc) is 3.45. The van der Waals surface area contributed by atoms with Crippen molar-refractivity contribution in [2.45, 2.75) is 28.7 Å². The summed E-state index contributed by atoms with van der Waals surface area (Å²) in [7, 11) is -9.09. The van der Waals surface area contributed by atoms with Crippen LogP contribution in [0.4, 0.5) is 11.4 Å². The summed E-state index contributed by atoms with van der Waals surface area (Å²) in [6.07, 6.45) is 2.38. The van der Waals surface area contributed by atoms with Gasteiger partial charge in [-0.1, -0.05) is 23.5 Å². The van der Waals surface area contributed by atoms with Gasteiger partial charge in [0, 0.05) is 22.9 Å². The number of fused-ring (bicyclic) bond motifs is 2. The Kier molecular flexibility index (Phi) is 7.47. The van der Waals surface area contributed by atoms with Gasteiger partial charge in [0.25, 0.3) is 0 Å². The summed E-state index contributed by atoms with van der Waals surface area (Å²) in [4.78, 5) is 68.5. The number of aliphatic hydroxyl groups excluding tert-OH is 1. The molecule has 1 unspecified atom stereocenters. The van der Waals surface area contributed by atoms with Crippen molar-refractivity contribution >= 4 is 72.3 Å². The van der Waals surface area contributed by atoms with Crippen LogP contribution in [0.1, 0.15) is 13.8 Å². The lowest BCUT2D eigenvalue weighted by atomic mass is 10.1. The molecule has 0 fully saturated rings. The molecule has 0 amide bonds. The van der Waals surface area contributed by atoms with Crippen LogP contribution in [0, 0.1) is 0 Å². The molecule has 0 aromatic heterocycles. The van der Waals surface area contributed by atoms with Crippen LogP contribution >= 0.6 is 38.7 Å². The van der Waals surface area contributed by atoms with Gasteiger partial charge in [0.15, 0.2) is 0 Å². The number of carbonyl (C=O) groups excluding carboxylic acids is 2. The highest BCUT2D eigenvalue weighted by molar-refractivity contribution is 8.03. The first-order valence-electron chi connectivity index (χ1n) is 12.1. The predicted molar refractivity (Wildman–Crippen MR) is 155 cm³/mol. The number of Topliss-reactive ketones (excluding diaryl/α,β-unsaturated/α-hetero) is 2. The SMILES string of the molecule is CCN1/C(=C/C2=C(O)C(=C/C3(O)Sc4ccc(P(=O)(O)O)cc4N3CC)/C(=O)C2=O)Sc2ccc(P(=O)(O)O)cc21. The van der Waals surface area contributed by atoms with Crippen LogP contribution in [0.2, 0.25) is 0 Å². The minimum Gasteiger partial charge on any atom is -0.506 e. The summed E-state index contributed by atoms with van der Waals surface area (Å²) in [6.45, 7) is 3.98. The summed E-state index contributed by atoms with van der Waals surface area (Å²) in [5.74, 6) is -2.69. The van der Waals surface area contributed by atoms with Gasteiger partial charge in [-0.2, -0.15) is 0 Å². The van der Waals surface area contributed by atoms with Crippen molar-refractivity contribution in [2.24, 2.45) is 0 Å². The number of benzene rings is 2. The first kappa shape index (κ1) is 29.8. The molecule has 2 heterocycles. The maximum absolute atomic E-state index is 13.0. The van der Waals surface area contributed by atoms with Gasteiger partial charge in [-0.3, -0.25) is 18.7 Å². The highest BCUT2D eigenvalue weighted by Gasteiger charge is 2.45. The Morgan fingerprint density at radius 1 is 0.878 bits per heavy atom. The number of nitrogens with zero attached hydrogens (tertiary/aromatic N) is 2. The van der Waals surface area contributed by atoms with Crippen LogP contribution in [0.25, 0.3) is 0 Å².